The van der Waals surface area contributed by atoms with Gasteiger partial charge in [-0.15, -0.1) is 16.5 Å². The molecular weight excluding hydrogens is 410 g/mol. The number of para-hydroxylation sites is 1. The molecule has 4 rings (SSSR count). The third-order valence-corrected chi connectivity index (χ3v) is 5.78. The summed E-state index contributed by atoms with van der Waals surface area (Å²) in [4.78, 5) is 9.41. The summed E-state index contributed by atoms with van der Waals surface area (Å²) in [6, 6.07) is 17.6. The van der Waals surface area contributed by atoms with Crippen LogP contribution in [-0.4, -0.2) is 23.7 Å². The van der Waals surface area contributed by atoms with Crippen molar-refractivity contribution < 1.29 is 9.47 Å². The molecule has 0 aliphatic rings. The SMILES string of the molecule is CCOc1ccccc1-c1sc2c(N=NCc3ccc(OC)cc3)ncnc2c1C#N. The fourth-order valence-electron chi connectivity index (χ4n) is 3.11. The van der Waals surface area contributed by atoms with Crippen LogP contribution in [0.1, 0.15) is 18.1 Å². The molecule has 0 N–H and O–H groups in total. The highest BCUT2D eigenvalue weighted by Crippen LogP contribution is 2.43. The average Bonchev–Trinajstić information content (AvgIpc) is 3.19. The predicted octanol–water partition coefficient (Wildman–Crippen LogP) is 5.92. The zero-order chi connectivity index (χ0) is 21.6. The zero-order valence-corrected chi connectivity index (χ0v) is 17.9. The van der Waals surface area contributed by atoms with Gasteiger partial charge in [0.1, 0.15) is 34.1 Å². The third-order valence-electron chi connectivity index (χ3n) is 4.57. The van der Waals surface area contributed by atoms with E-state index in [4.69, 9.17) is 9.47 Å². The third kappa shape index (κ3) is 4.22. The van der Waals surface area contributed by atoms with Gasteiger partial charge >= 0.3 is 0 Å². The molecule has 0 bridgehead atoms. The van der Waals surface area contributed by atoms with Gasteiger partial charge in [-0.2, -0.15) is 10.4 Å². The molecule has 0 atom stereocenters. The highest BCUT2D eigenvalue weighted by Gasteiger charge is 2.20. The first-order chi connectivity index (χ1) is 15.2. The Morgan fingerprint density at radius 1 is 1.10 bits per heavy atom. The monoisotopic (exact) mass is 429 g/mol. The Hall–Kier alpha value is -3.83. The van der Waals surface area contributed by atoms with E-state index in [9.17, 15) is 5.26 Å². The van der Waals surface area contributed by atoms with Crippen molar-refractivity contribution in [1.29, 1.82) is 5.26 Å². The number of ether oxygens (including phenoxy) is 2. The van der Waals surface area contributed by atoms with E-state index < -0.39 is 0 Å². The molecule has 0 amide bonds. The van der Waals surface area contributed by atoms with Crippen molar-refractivity contribution in [2.45, 2.75) is 13.5 Å². The Labute approximate surface area is 183 Å². The molecule has 0 spiro atoms. The van der Waals surface area contributed by atoms with Crippen LogP contribution in [0.15, 0.2) is 65.1 Å². The molecule has 2 aromatic carbocycles. The second-order valence-corrected chi connectivity index (χ2v) is 7.49. The molecule has 0 radical (unpaired) electrons. The van der Waals surface area contributed by atoms with E-state index in [0.717, 1.165) is 32.2 Å². The van der Waals surface area contributed by atoms with E-state index in [-0.39, 0.29) is 0 Å². The van der Waals surface area contributed by atoms with Crippen LogP contribution in [0, 0.1) is 11.3 Å². The van der Waals surface area contributed by atoms with E-state index >= 15 is 0 Å². The number of azo groups is 1. The Morgan fingerprint density at radius 3 is 2.65 bits per heavy atom. The Bertz CT molecular complexity index is 1280. The lowest BCUT2D eigenvalue weighted by molar-refractivity contribution is 0.341. The minimum Gasteiger partial charge on any atom is -0.497 e. The van der Waals surface area contributed by atoms with Crippen LogP contribution in [0.3, 0.4) is 0 Å². The van der Waals surface area contributed by atoms with Gasteiger partial charge in [-0.1, -0.05) is 24.3 Å². The van der Waals surface area contributed by atoms with E-state index in [0.29, 0.717) is 30.0 Å². The van der Waals surface area contributed by atoms with Crippen LogP contribution >= 0.6 is 11.3 Å². The van der Waals surface area contributed by atoms with Crippen molar-refractivity contribution in [3.63, 3.8) is 0 Å². The smallest absolute Gasteiger partial charge is 0.195 e. The molecular formula is C23H19N5O2S. The lowest BCUT2D eigenvalue weighted by Crippen LogP contribution is -1.93. The summed E-state index contributed by atoms with van der Waals surface area (Å²) in [6.45, 7) is 2.88. The Morgan fingerprint density at radius 2 is 1.90 bits per heavy atom. The van der Waals surface area contributed by atoms with Crippen molar-refractivity contribution in [2.24, 2.45) is 10.2 Å². The first kappa shape index (κ1) is 20.4. The van der Waals surface area contributed by atoms with Gasteiger partial charge < -0.3 is 9.47 Å². The molecule has 0 aliphatic heterocycles. The number of hydrogen-bond acceptors (Lipinski definition) is 8. The van der Waals surface area contributed by atoms with Gasteiger partial charge in [-0.3, -0.25) is 0 Å². The van der Waals surface area contributed by atoms with Crippen LogP contribution in [0.4, 0.5) is 5.82 Å². The lowest BCUT2D eigenvalue weighted by atomic mass is 10.1. The maximum absolute atomic E-state index is 9.84. The van der Waals surface area contributed by atoms with Gasteiger partial charge in [0.15, 0.2) is 5.82 Å². The highest BCUT2D eigenvalue weighted by atomic mass is 32.1. The van der Waals surface area contributed by atoms with Crippen molar-refractivity contribution in [2.75, 3.05) is 13.7 Å². The maximum Gasteiger partial charge on any atom is 0.195 e. The molecule has 4 aromatic rings. The number of hydrogen-bond donors (Lipinski definition) is 0. The van der Waals surface area contributed by atoms with E-state index in [1.54, 1.807) is 7.11 Å². The van der Waals surface area contributed by atoms with Crippen molar-refractivity contribution in [1.82, 2.24) is 9.97 Å². The molecule has 0 saturated heterocycles. The largest absolute Gasteiger partial charge is 0.497 e. The van der Waals surface area contributed by atoms with Crippen molar-refractivity contribution >= 4 is 27.4 Å². The van der Waals surface area contributed by atoms with Crippen LogP contribution in [-0.2, 0) is 6.54 Å². The number of nitriles is 1. The van der Waals surface area contributed by atoms with Gasteiger partial charge in [-0.05, 0) is 36.8 Å². The number of benzene rings is 2. The molecule has 2 heterocycles. The Kier molecular flexibility index (Phi) is 6.15. The molecule has 0 fully saturated rings. The lowest BCUT2D eigenvalue weighted by Gasteiger charge is -2.08. The number of thiophene rings is 1. The van der Waals surface area contributed by atoms with E-state index in [1.165, 1.54) is 17.7 Å². The summed E-state index contributed by atoms with van der Waals surface area (Å²) in [5, 5.41) is 18.5. The second kappa shape index (κ2) is 9.32. The number of nitrogens with zero attached hydrogens (tertiary/aromatic N) is 5. The summed E-state index contributed by atoms with van der Waals surface area (Å²) in [5.74, 6) is 1.96. The summed E-state index contributed by atoms with van der Waals surface area (Å²) in [6.07, 6.45) is 1.41. The predicted molar refractivity (Wildman–Crippen MR) is 120 cm³/mol. The van der Waals surface area contributed by atoms with Crippen LogP contribution in [0.2, 0.25) is 0 Å². The average molecular weight is 430 g/mol. The molecule has 0 saturated carbocycles. The minimum atomic E-state index is 0.409. The van der Waals surface area contributed by atoms with Crippen molar-refractivity contribution in [3.05, 3.63) is 66.0 Å². The standard InChI is InChI=1S/C23H19N5O2S/c1-3-30-19-7-5-4-6-17(19)21-18(12-24)20-22(31-21)23(26-14-25-20)28-27-13-15-8-10-16(29-2)11-9-15/h4-11,14H,3,13H2,1-2H3. The van der Waals surface area contributed by atoms with Crippen molar-refractivity contribution in [3.8, 4) is 28.0 Å². The topological polar surface area (TPSA) is 92.8 Å². The number of methoxy groups -OCH3 is 1. The fourth-order valence-corrected chi connectivity index (χ4v) is 4.28. The zero-order valence-electron chi connectivity index (χ0n) is 17.1. The van der Waals surface area contributed by atoms with Gasteiger partial charge in [-0.25, -0.2) is 9.97 Å². The van der Waals surface area contributed by atoms with E-state index in [2.05, 4.69) is 26.3 Å². The summed E-state index contributed by atoms with van der Waals surface area (Å²) >= 11 is 1.42. The molecule has 154 valence electrons. The molecule has 8 heteroatoms. The van der Waals surface area contributed by atoms with Gasteiger partial charge in [0.2, 0.25) is 0 Å². The Balaban J connectivity index is 1.71. The highest BCUT2D eigenvalue weighted by molar-refractivity contribution is 7.23. The first-order valence-corrected chi connectivity index (χ1v) is 10.5. The molecule has 31 heavy (non-hydrogen) atoms. The summed E-state index contributed by atoms with van der Waals surface area (Å²) < 4.78 is 11.6. The molecule has 2 aromatic heterocycles. The summed E-state index contributed by atoms with van der Waals surface area (Å²) in [5.41, 5.74) is 2.92. The molecule has 0 aliphatic carbocycles. The van der Waals surface area contributed by atoms with Crippen LogP contribution in [0.25, 0.3) is 20.7 Å². The van der Waals surface area contributed by atoms with Crippen LogP contribution in [0.5, 0.6) is 11.5 Å². The quantitative estimate of drug-likeness (QED) is 0.340. The molecule has 0 unspecified atom stereocenters. The number of aromatic nitrogens is 2. The normalized spacial score (nSPS) is 11.0. The maximum atomic E-state index is 9.84. The fraction of sp³-hybridized carbons (Fsp3) is 0.174. The second-order valence-electron chi connectivity index (χ2n) is 6.47. The number of fused-ring (bicyclic) bond motifs is 1. The van der Waals surface area contributed by atoms with Gasteiger partial charge in [0, 0.05) is 5.56 Å². The minimum absolute atomic E-state index is 0.409. The first-order valence-electron chi connectivity index (χ1n) is 9.65. The summed E-state index contributed by atoms with van der Waals surface area (Å²) in [7, 11) is 1.63. The number of rotatable bonds is 7. The molecule has 7 nitrogen and oxygen atoms in total. The van der Waals surface area contributed by atoms with Crippen LogP contribution < -0.4 is 9.47 Å². The van der Waals surface area contributed by atoms with Gasteiger partial charge in [0.25, 0.3) is 0 Å². The van der Waals surface area contributed by atoms with Gasteiger partial charge in [0.05, 0.1) is 30.7 Å². The van der Waals surface area contributed by atoms with E-state index in [1.807, 2.05) is 55.5 Å².